The van der Waals surface area contributed by atoms with Crippen molar-refractivity contribution in [3.05, 3.63) is 12.7 Å². The molecule has 1 spiro atoms. The molecule has 2 N–H and O–H groups in total. The summed E-state index contributed by atoms with van der Waals surface area (Å²) >= 11 is 0. The molecule has 0 aromatic rings. The Morgan fingerprint density at radius 2 is 1.97 bits per heavy atom. The van der Waals surface area contributed by atoms with E-state index >= 15 is 0 Å². The number of fused-ring (bicyclic) bond motifs is 1. The molecule has 2 amide bonds. The van der Waals surface area contributed by atoms with Crippen LogP contribution in [-0.2, 0) is 19.1 Å². The first-order valence-electron chi connectivity index (χ1n) is 12.1. The number of hydrogen-bond acceptors (Lipinski definition) is 5. The number of ether oxygens (including phenoxy) is 1. The molecule has 8 heteroatoms. The van der Waals surface area contributed by atoms with E-state index in [1.807, 2.05) is 41.5 Å². The molecule has 3 rings (SSSR count). The SMILES string of the molecule is C=CCN(C(=O)C1N([C@@H](CO)[C@@H](C)CC)C(=O)[C@@H]2[C@H](C(=O)O)[C@]3(CC)CCC12O3)C(C)(C)C. The number of carboxylic acids is 1. The van der Waals surface area contributed by atoms with Gasteiger partial charge < -0.3 is 24.7 Å². The van der Waals surface area contributed by atoms with Crippen LogP contribution in [0.1, 0.15) is 67.2 Å². The second-order valence-electron chi connectivity index (χ2n) is 11.0. The van der Waals surface area contributed by atoms with E-state index in [4.69, 9.17) is 4.74 Å². The molecular formula is C25H40N2O6. The van der Waals surface area contributed by atoms with Gasteiger partial charge in [-0.25, -0.2) is 0 Å². The summed E-state index contributed by atoms with van der Waals surface area (Å²) in [6.45, 7) is 15.3. The standard InChI is InChI=1S/C25H40N2O6/c1-8-13-26(23(5,6)7)21(30)19-25-12-11-24(10-3,33-25)18(22(31)32)17(25)20(29)27(19)16(14-28)15(4)9-2/h8,15-19,28H,1,9-14H2,2-7H3,(H,31,32)/t15-,16-,17-,18+,19?,24-,25?/m0/s1. The molecule has 2 bridgehead atoms. The Hall–Kier alpha value is -1.93. The third-order valence-corrected chi connectivity index (χ3v) is 8.35. The Kier molecular flexibility index (Phi) is 6.77. The molecule has 8 nitrogen and oxygen atoms in total. The number of likely N-dealkylation sites (tertiary alicyclic amines) is 1. The topological polar surface area (TPSA) is 107 Å². The van der Waals surface area contributed by atoms with E-state index in [1.165, 1.54) is 4.90 Å². The van der Waals surface area contributed by atoms with E-state index in [0.29, 0.717) is 25.7 Å². The smallest absolute Gasteiger partial charge is 0.310 e. The van der Waals surface area contributed by atoms with E-state index < -0.39 is 46.6 Å². The summed E-state index contributed by atoms with van der Waals surface area (Å²) in [5.41, 5.74) is -2.71. The maximum Gasteiger partial charge on any atom is 0.310 e. The van der Waals surface area contributed by atoms with Gasteiger partial charge in [0.15, 0.2) is 0 Å². The van der Waals surface area contributed by atoms with E-state index in [2.05, 4.69) is 6.58 Å². The van der Waals surface area contributed by atoms with Gasteiger partial charge >= 0.3 is 5.97 Å². The fourth-order valence-electron chi connectivity index (χ4n) is 6.45. The zero-order valence-corrected chi connectivity index (χ0v) is 20.8. The van der Waals surface area contributed by atoms with Crippen molar-refractivity contribution < 1.29 is 29.3 Å². The van der Waals surface area contributed by atoms with Gasteiger partial charge in [-0.3, -0.25) is 14.4 Å². The number of nitrogens with zero attached hydrogens (tertiary/aromatic N) is 2. The van der Waals surface area contributed by atoms with Gasteiger partial charge in [-0.2, -0.15) is 0 Å². The van der Waals surface area contributed by atoms with Crippen LogP contribution in [0, 0.1) is 17.8 Å². The van der Waals surface area contributed by atoms with Crippen LogP contribution >= 0.6 is 0 Å². The van der Waals surface area contributed by atoms with Gasteiger partial charge in [-0.1, -0.05) is 33.3 Å². The van der Waals surface area contributed by atoms with Crippen molar-refractivity contribution in [1.82, 2.24) is 9.80 Å². The van der Waals surface area contributed by atoms with Gasteiger partial charge in [-0.05, 0) is 46.0 Å². The summed E-state index contributed by atoms with van der Waals surface area (Å²) in [4.78, 5) is 43.8. The van der Waals surface area contributed by atoms with Gasteiger partial charge in [0.2, 0.25) is 11.8 Å². The lowest BCUT2D eigenvalue weighted by Crippen LogP contribution is -2.62. The van der Waals surface area contributed by atoms with Crippen molar-refractivity contribution in [3.8, 4) is 0 Å². The number of carbonyl (C=O) groups excluding carboxylic acids is 2. The predicted molar refractivity (Wildman–Crippen MR) is 123 cm³/mol. The van der Waals surface area contributed by atoms with Crippen LogP contribution in [0.2, 0.25) is 0 Å². The average molecular weight is 465 g/mol. The fraction of sp³-hybridized carbons (Fsp3) is 0.800. The molecule has 0 aromatic heterocycles. The summed E-state index contributed by atoms with van der Waals surface area (Å²) in [5, 5.41) is 20.5. The Morgan fingerprint density at radius 3 is 2.42 bits per heavy atom. The normalized spacial score (nSPS) is 34.8. The maximum absolute atomic E-state index is 14.2. The minimum atomic E-state index is -1.21. The number of hydrogen-bond donors (Lipinski definition) is 2. The average Bonchev–Trinajstić information content (AvgIpc) is 3.35. The zero-order valence-electron chi connectivity index (χ0n) is 20.8. The molecule has 33 heavy (non-hydrogen) atoms. The Labute approximate surface area is 196 Å². The van der Waals surface area contributed by atoms with E-state index in [-0.39, 0.29) is 30.9 Å². The van der Waals surface area contributed by atoms with Crippen LogP contribution in [0.5, 0.6) is 0 Å². The Bertz CT molecular complexity index is 822. The Balaban J connectivity index is 2.21. The highest BCUT2D eigenvalue weighted by molar-refractivity contribution is 5.98. The van der Waals surface area contributed by atoms with E-state index in [1.54, 1.807) is 11.0 Å². The molecule has 3 saturated heterocycles. The highest BCUT2D eigenvalue weighted by atomic mass is 16.5. The number of aliphatic hydroxyl groups excluding tert-OH is 1. The van der Waals surface area contributed by atoms with E-state index in [0.717, 1.165) is 0 Å². The molecule has 3 heterocycles. The van der Waals surface area contributed by atoms with Gasteiger partial charge in [-0.15, -0.1) is 6.58 Å². The van der Waals surface area contributed by atoms with E-state index in [9.17, 15) is 24.6 Å². The fourth-order valence-corrected chi connectivity index (χ4v) is 6.45. The van der Waals surface area contributed by atoms with Crippen LogP contribution in [0.15, 0.2) is 12.7 Å². The van der Waals surface area contributed by atoms with Crippen LogP contribution in [0.4, 0.5) is 0 Å². The summed E-state index contributed by atoms with van der Waals surface area (Å²) in [7, 11) is 0. The van der Waals surface area contributed by atoms with Crippen molar-refractivity contribution >= 4 is 17.8 Å². The molecule has 7 atom stereocenters. The summed E-state index contributed by atoms with van der Waals surface area (Å²) in [5.74, 6) is -3.76. The van der Waals surface area contributed by atoms with Crippen molar-refractivity contribution in [2.24, 2.45) is 17.8 Å². The first-order valence-corrected chi connectivity index (χ1v) is 12.1. The van der Waals surface area contributed by atoms with Gasteiger partial charge in [0.1, 0.15) is 17.6 Å². The van der Waals surface area contributed by atoms with Crippen molar-refractivity contribution in [1.29, 1.82) is 0 Å². The lowest BCUT2D eigenvalue weighted by atomic mass is 9.65. The molecule has 0 aromatic carbocycles. The molecule has 0 radical (unpaired) electrons. The largest absolute Gasteiger partial charge is 0.481 e. The summed E-state index contributed by atoms with van der Waals surface area (Å²) < 4.78 is 6.58. The molecule has 3 aliphatic heterocycles. The molecule has 186 valence electrons. The number of amides is 2. The van der Waals surface area contributed by atoms with Crippen molar-refractivity contribution in [2.75, 3.05) is 13.2 Å². The van der Waals surface area contributed by atoms with Crippen LogP contribution in [-0.4, -0.2) is 79.8 Å². The minimum Gasteiger partial charge on any atom is -0.481 e. The first-order chi connectivity index (χ1) is 15.4. The number of carbonyl (C=O) groups is 3. The number of rotatable bonds is 9. The third-order valence-electron chi connectivity index (χ3n) is 8.35. The van der Waals surface area contributed by atoms with Crippen LogP contribution in [0.3, 0.4) is 0 Å². The molecule has 2 unspecified atom stereocenters. The van der Waals surface area contributed by atoms with Gasteiger partial charge in [0, 0.05) is 12.1 Å². The van der Waals surface area contributed by atoms with Gasteiger partial charge in [0.25, 0.3) is 0 Å². The van der Waals surface area contributed by atoms with Crippen LogP contribution < -0.4 is 0 Å². The lowest BCUT2D eigenvalue weighted by molar-refractivity contribution is -0.163. The highest BCUT2D eigenvalue weighted by Gasteiger charge is 2.79. The van der Waals surface area contributed by atoms with Crippen molar-refractivity contribution in [2.45, 2.75) is 96.1 Å². The first kappa shape index (κ1) is 25.7. The van der Waals surface area contributed by atoms with Crippen molar-refractivity contribution in [3.63, 3.8) is 0 Å². The highest BCUT2D eigenvalue weighted by Crippen LogP contribution is 2.64. The quantitative estimate of drug-likeness (QED) is 0.508. The maximum atomic E-state index is 14.2. The van der Waals surface area contributed by atoms with Gasteiger partial charge in [0.05, 0.1) is 24.2 Å². The second kappa shape index (κ2) is 8.69. The molecule has 3 aliphatic rings. The summed E-state index contributed by atoms with van der Waals surface area (Å²) in [6.07, 6.45) is 3.74. The van der Waals surface area contributed by atoms with Crippen LogP contribution in [0.25, 0.3) is 0 Å². The zero-order chi connectivity index (χ0) is 24.9. The molecular weight excluding hydrogens is 424 g/mol. The minimum absolute atomic E-state index is 0.0763. The number of aliphatic carboxylic acids is 1. The lowest BCUT2D eigenvalue weighted by Gasteiger charge is -2.44. The summed E-state index contributed by atoms with van der Waals surface area (Å²) in [6, 6.07) is -1.59. The molecule has 0 saturated carbocycles. The molecule has 3 fully saturated rings. The predicted octanol–water partition coefficient (Wildman–Crippen LogP) is 2.45. The number of aliphatic hydroxyl groups is 1. The second-order valence-corrected chi connectivity index (χ2v) is 11.0. The molecule has 0 aliphatic carbocycles. The monoisotopic (exact) mass is 464 g/mol. The third kappa shape index (κ3) is 3.60. The number of carboxylic acid groups (broad SMARTS) is 1. The Morgan fingerprint density at radius 1 is 1.33 bits per heavy atom.